The van der Waals surface area contributed by atoms with Crippen molar-refractivity contribution in [1.29, 1.82) is 0 Å². The molecule has 0 saturated carbocycles. The molecule has 0 fully saturated rings. The van der Waals surface area contributed by atoms with Crippen molar-refractivity contribution in [3.05, 3.63) is 23.8 Å². The Morgan fingerprint density at radius 3 is 2.12 bits per heavy atom. The summed E-state index contributed by atoms with van der Waals surface area (Å²) in [6.07, 6.45) is 0. The zero-order chi connectivity index (χ0) is 13.0. The molecule has 1 rings (SSSR count). The van der Waals surface area contributed by atoms with Gasteiger partial charge in [0.1, 0.15) is 17.1 Å². The number of aromatic hydroxyl groups is 2. The minimum Gasteiger partial charge on any atom is -0.507 e. The lowest BCUT2D eigenvalue weighted by Gasteiger charge is -2.20. The molecule has 1 aromatic rings. The Hall–Kier alpha value is -1.75. The van der Waals surface area contributed by atoms with Crippen molar-refractivity contribution < 1.29 is 15.0 Å². The molecule has 0 atom stereocenters. The molecule has 0 unspecified atom stereocenters. The first kappa shape index (κ1) is 13.3. The SMILES string of the molecule is CN(C)CCN(C)C(=O)c1c(O)cccc1O. The summed E-state index contributed by atoms with van der Waals surface area (Å²) in [6, 6.07) is 4.25. The van der Waals surface area contributed by atoms with Gasteiger partial charge >= 0.3 is 0 Å². The molecule has 0 bridgehead atoms. The summed E-state index contributed by atoms with van der Waals surface area (Å²) in [5.41, 5.74) is -0.0474. The molecule has 1 amide bonds. The number of hydrogen-bond donors (Lipinski definition) is 2. The van der Waals surface area contributed by atoms with Crippen molar-refractivity contribution in [2.75, 3.05) is 34.2 Å². The predicted molar refractivity (Wildman–Crippen MR) is 65.3 cm³/mol. The molecule has 1 aromatic carbocycles. The van der Waals surface area contributed by atoms with Gasteiger partial charge in [0.05, 0.1) is 0 Å². The van der Waals surface area contributed by atoms with Gasteiger partial charge in [-0.05, 0) is 26.2 Å². The van der Waals surface area contributed by atoms with Crippen LogP contribution in [-0.4, -0.2) is 60.2 Å². The zero-order valence-electron chi connectivity index (χ0n) is 10.3. The van der Waals surface area contributed by atoms with E-state index in [0.717, 1.165) is 6.54 Å². The summed E-state index contributed by atoms with van der Waals surface area (Å²) < 4.78 is 0. The first-order chi connectivity index (χ1) is 7.93. The second-order valence-corrected chi connectivity index (χ2v) is 4.20. The third-order valence-electron chi connectivity index (χ3n) is 2.46. The maximum atomic E-state index is 12.0. The van der Waals surface area contributed by atoms with Gasteiger partial charge < -0.3 is 20.0 Å². The first-order valence-electron chi connectivity index (χ1n) is 5.34. The second kappa shape index (κ2) is 5.54. The monoisotopic (exact) mass is 238 g/mol. The van der Waals surface area contributed by atoms with E-state index in [-0.39, 0.29) is 23.0 Å². The Labute approximate surface area is 101 Å². The highest BCUT2D eigenvalue weighted by atomic mass is 16.3. The van der Waals surface area contributed by atoms with Crippen molar-refractivity contribution in [1.82, 2.24) is 9.80 Å². The molecule has 0 aromatic heterocycles. The molecule has 17 heavy (non-hydrogen) atoms. The van der Waals surface area contributed by atoms with E-state index >= 15 is 0 Å². The molecule has 0 aliphatic carbocycles. The third kappa shape index (κ3) is 3.35. The molecule has 0 aliphatic rings. The number of amides is 1. The number of likely N-dealkylation sites (N-methyl/N-ethyl adjacent to an activating group) is 2. The fraction of sp³-hybridized carbons (Fsp3) is 0.417. The average molecular weight is 238 g/mol. The van der Waals surface area contributed by atoms with Gasteiger partial charge in [-0.1, -0.05) is 6.07 Å². The van der Waals surface area contributed by atoms with Gasteiger partial charge in [0.2, 0.25) is 0 Å². The second-order valence-electron chi connectivity index (χ2n) is 4.20. The summed E-state index contributed by atoms with van der Waals surface area (Å²) in [5.74, 6) is -0.791. The molecule has 5 nitrogen and oxygen atoms in total. The van der Waals surface area contributed by atoms with Gasteiger partial charge in [-0.15, -0.1) is 0 Å². The predicted octanol–water partition coefficient (Wildman–Crippen LogP) is 0.731. The lowest BCUT2D eigenvalue weighted by molar-refractivity contribution is 0.0780. The number of hydrogen-bond acceptors (Lipinski definition) is 4. The van der Waals surface area contributed by atoms with Crippen molar-refractivity contribution in [2.24, 2.45) is 0 Å². The van der Waals surface area contributed by atoms with Gasteiger partial charge in [0.25, 0.3) is 5.91 Å². The van der Waals surface area contributed by atoms with E-state index in [1.807, 2.05) is 19.0 Å². The van der Waals surface area contributed by atoms with Crippen LogP contribution in [0.1, 0.15) is 10.4 Å². The molecule has 2 N–H and O–H groups in total. The van der Waals surface area contributed by atoms with E-state index < -0.39 is 0 Å². The third-order valence-corrected chi connectivity index (χ3v) is 2.46. The van der Waals surface area contributed by atoms with Crippen LogP contribution in [0, 0.1) is 0 Å². The average Bonchev–Trinajstić information content (AvgIpc) is 2.25. The molecular weight excluding hydrogens is 220 g/mol. The quantitative estimate of drug-likeness (QED) is 0.811. The fourth-order valence-electron chi connectivity index (χ4n) is 1.39. The van der Waals surface area contributed by atoms with Crippen LogP contribution in [0.15, 0.2) is 18.2 Å². The van der Waals surface area contributed by atoms with Crippen molar-refractivity contribution >= 4 is 5.91 Å². The van der Waals surface area contributed by atoms with Crippen molar-refractivity contribution in [3.8, 4) is 11.5 Å². The summed E-state index contributed by atoms with van der Waals surface area (Å²) >= 11 is 0. The van der Waals surface area contributed by atoms with Crippen LogP contribution in [0.5, 0.6) is 11.5 Å². The van der Waals surface area contributed by atoms with Gasteiger partial charge in [0, 0.05) is 20.1 Å². The molecule has 5 heteroatoms. The molecule has 0 spiro atoms. The number of rotatable bonds is 4. The number of benzene rings is 1. The largest absolute Gasteiger partial charge is 0.507 e. The fourth-order valence-corrected chi connectivity index (χ4v) is 1.39. The summed E-state index contributed by atoms with van der Waals surface area (Å²) in [7, 11) is 5.46. The Kier molecular flexibility index (Phi) is 4.34. The normalized spacial score (nSPS) is 10.6. The topological polar surface area (TPSA) is 64.0 Å². The zero-order valence-corrected chi connectivity index (χ0v) is 10.3. The van der Waals surface area contributed by atoms with Crippen molar-refractivity contribution in [2.45, 2.75) is 0 Å². The molecule has 0 radical (unpaired) electrons. The van der Waals surface area contributed by atoms with Gasteiger partial charge in [0.15, 0.2) is 0 Å². The highest BCUT2D eigenvalue weighted by molar-refractivity contribution is 5.99. The molecule has 94 valence electrons. The molecule has 0 saturated heterocycles. The molecule has 0 aliphatic heterocycles. The van der Waals surface area contributed by atoms with E-state index in [2.05, 4.69) is 0 Å². The lowest BCUT2D eigenvalue weighted by atomic mass is 10.1. The lowest BCUT2D eigenvalue weighted by Crippen LogP contribution is -2.33. The van der Waals surface area contributed by atoms with Gasteiger partial charge in [-0.3, -0.25) is 4.79 Å². The molecule has 0 heterocycles. The number of phenolic OH excluding ortho intramolecular Hbond substituents is 2. The molecular formula is C12H18N2O3. The number of carbonyl (C=O) groups is 1. The highest BCUT2D eigenvalue weighted by Crippen LogP contribution is 2.27. The van der Waals surface area contributed by atoms with E-state index in [0.29, 0.717) is 6.54 Å². The Morgan fingerprint density at radius 1 is 1.12 bits per heavy atom. The highest BCUT2D eigenvalue weighted by Gasteiger charge is 2.19. The number of carbonyl (C=O) groups excluding carboxylic acids is 1. The summed E-state index contributed by atoms with van der Waals surface area (Å²) in [4.78, 5) is 15.4. The van der Waals surface area contributed by atoms with Crippen LogP contribution in [0.25, 0.3) is 0 Å². The van der Waals surface area contributed by atoms with Crippen LogP contribution < -0.4 is 0 Å². The van der Waals surface area contributed by atoms with Crippen LogP contribution in [0.2, 0.25) is 0 Å². The Bertz CT molecular complexity index is 384. The van der Waals surface area contributed by atoms with E-state index in [1.165, 1.54) is 23.1 Å². The maximum absolute atomic E-state index is 12.0. The van der Waals surface area contributed by atoms with Gasteiger partial charge in [-0.2, -0.15) is 0 Å². The van der Waals surface area contributed by atoms with Gasteiger partial charge in [-0.25, -0.2) is 0 Å². The first-order valence-corrected chi connectivity index (χ1v) is 5.34. The van der Waals surface area contributed by atoms with Crippen LogP contribution in [0.4, 0.5) is 0 Å². The number of phenols is 2. The summed E-state index contributed by atoms with van der Waals surface area (Å²) in [6.45, 7) is 1.25. The minimum absolute atomic E-state index is 0.0474. The summed E-state index contributed by atoms with van der Waals surface area (Å²) in [5, 5.41) is 19.1. The van der Waals surface area contributed by atoms with Crippen LogP contribution in [-0.2, 0) is 0 Å². The Morgan fingerprint density at radius 2 is 1.65 bits per heavy atom. The van der Waals surface area contributed by atoms with Crippen molar-refractivity contribution in [3.63, 3.8) is 0 Å². The Balaban J connectivity index is 2.82. The maximum Gasteiger partial charge on any atom is 0.261 e. The van der Waals surface area contributed by atoms with Crippen LogP contribution >= 0.6 is 0 Å². The minimum atomic E-state index is -0.387. The smallest absolute Gasteiger partial charge is 0.261 e. The van der Waals surface area contributed by atoms with Crippen LogP contribution in [0.3, 0.4) is 0 Å². The van der Waals surface area contributed by atoms with E-state index in [1.54, 1.807) is 7.05 Å². The van der Waals surface area contributed by atoms with E-state index in [4.69, 9.17) is 0 Å². The van der Waals surface area contributed by atoms with E-state index in [9.17, 15) is 15.0 Å². The standard InChI is InChI=1S/C12H18N2O3/c1-13(2)7-8-14(3)12(17)11-9(15)5-4-6-10(11)16/h4-6,15-16H,7-8H2,1-3H3. The number of nitrogens with zero attached hydrogens (tertiary/aromatic N) is 2.